The molecule has 4 aromatic rings. The molecule has 14 nitrogen and oxygen atoms in total. The maximum absolute atomic E-state index is 14.9. The Labute approximate surface area is 367 Å². The van der Waals surface area contributed by atoms with Crippen molar-refractivity contribution < 1.29 is 38.1 Å². The van der Waals surface area contributed by atoms with Gasteiger partial charge in [0.2, 0.25) is 19.2 Å². The highest BCUT2D eigenvalue weighted by atomic mass is 32.1. The van der Waals surface area contributed by atoms with Gasteiger partial charge in [0, 0.05) is 47.1 Å². The van der Waals surface area contributed by atoms with Crippen molar-refractivity contribution in [3.63, 3.8) is 0 Å². The number of carbonyl (C=O) groups is 3. The Kier molecular flexibility index (Phi) is 13.2. The quantitative estimate of drug-likeness (QED) is 0.0663. The number of aromatic nitrogens is 2. The van der Waals surface area contributed by atoms with Crippen molar-refractivity contribution in [3.8, 4) is 22.9 Å². The molecule has 2 aromatic carbocycles. The topological polar surface area (TPSA) is 181 Å². The van der Waals surface area contributed by atoms with Crippen LogP contribution in [0.3, 0.4) is 0 Å². The average Bonchev–Trinajstić information content (AvgIpc) is 3.63. The van der Waals surface area contributed by atoms with Crippen LogP contribution in [0.1, 0.15) is 78.7 Å². The van der Waals surface area contributed by atoms with E-state index in [-0.39, 0.29) is 31.5 Å². The average molecular weight is 885 g/mol. The fourth-order valence-electron chi connectivity index (χ4n) is 8.24. The van der Waals surface area contributed by atoms with E-state index in [0.717, 1.165) is 36.4 Å². The number of ether oxygens (including phenoxy) is 3. The molecule has 3 heterocycles. The molecular formula is C46H57N6O8PS. The summed E-state index contributed by atoms with van der Waals surface area (Å²) >= 11 is 1.46. The molecule has 62 heavy (non-hydrogen) atoms. The third-order valence-corrected chi connectivity index (χ3v) is 14.8. The molecule has 2 saturated carbocycles. The minimum atomic E-state index is -4.20. The van der Waals surface area contributed by atoms with Crippen LogP contribution in [0.15, 0.2) is 78.4 Å². The van der Waals surface area contributed by atoms with E-state index in [0.29, 0.717) is 33.8 Å². The molecule has 6 atom stereocenters. The molecule has 2 aromatic heterocycles. The van der Waals surface area contributed by atoms with Crippen LogP contribution in [-0.2, 0) is 18.9 Å². The first-order chi connectivity index (χ1) is 29.5. The van der Waals surface area contributed by atoms with Crippen molar-refractivity contribution in [1.29, 1.82) is 0 Å². The number of amides is 3. The van der Waals surface area contributed by atoms with Gasteiger partial charge in [0.15, 0.2) is 5.13 Å². The minimum absolute atomic E-state index is 0.0279. The molecule has 3 amide bonds. The Morgan fingerprint density at radius 2 is 1.79 bits per heavy atom. The van der Waals surface area contributed by atoms with Gasteiger partial charge in [0.05, 0.1) is 24.9 Å². The van der Waals surface area contributed by atoms with Crippen LogP contribution in [-0.4, -0.2) is 86.9 Å². The number of pyridine rings is 1. The van der Waals surface area contributed by atoms with Crippen LogP contribution >= 0.6 is 18.7 Å². The number of fused-ring (bicyclic) bond motifs is 1. The van der Waals surface area contributed by atoms with Gasteiger partial charge in [-0.3, -0.25) is 14.2 Å². The molecule has 3 aliphatic rings. The van der Waals surface area contributed by atoms with E-state index >= 15 is 0 Å². The fourth-order valence-corrected chi connectivity index (χ4v) is 11.0. The molecule has 2 aliphatic carbocycles. The first kappa shape index (κ1) is 44.8. The molecule has 1 aliphatic heterocycles. The maximum Gasteiger partial charge on any atom is 0.408 e. The number of nitrogens with one attached hydrogen (secondary N) is 3. The Bertz CT molecular complexity index is 2380. The van der Waals surface area contributed by atoms with Crippen LogP contribution in [0.4, 0.5) is 9.93 Å². The van der Waals surface area contributed by atoms with E-state index in [1.807, 2.05) is 76.4 Å². The lowest BCUT2D eigenvalue weighted by Gasteiger charge is -2.35. The van der Waals surface area contributed by atoms with Gasteiger partial charge in [-0.15, -0.1) is 17.9 Å². The normalized spacial score (nSPS) is 22.9. The van der Waals surface area contributed by atoms with E-state index in [9.17, 15) is 23.8 Å². The van der Waals surface area contributed by atoms with Crippen LogP contribution < -0.4 is 25.4 Å². The zero-order valence-corrected chi connectivity index (χ0v) is 37.8. The molecule has 1 unspecified atom stereocenters. The van der Waals surface area contributed by atoms with Crippen LogP contribution in [0.25, 0.3) is 28.4 Å². The second kappa shape index (κ2) is 18.2. The molecule has 4 N–H and O–H groups in total. The first-order valence-corrected chi connectivity index (χ1v) is 23.8. The van der Waals surface area contributed by atoms with Gasteiger partial charge < -0.3 is 40.0 Å². The van der Waals surface area contributed by atoms with Gasteiger partial charge >= 0.3 is 6.09 Å². The summed E-state index contributed by atoms with van der Waals surface area (Å²) in [7, 11) is -2.63. The number of methoxy groups -OCH3 is 1. The van der Waals surface area contributed by atoms with Crippen molar-refractivity contribution in [2.24, 2.45) is 11.3 Å². The van der Waals surface area contributed by atoms with Gasteiger partial charge in [-0.2, -0.15) is 0 Å². The second-order valence-corrected chi connectivity index (χ2v) is 21.0. The summed E-state index contributed by atoms with van der Waals surface area (Å²) in [6.45, 7) is 13.4. The molecule has 3 fully saturated rings. The van der Waals surface area contributed by atoms with E-state index in [2.05, 4.69) is 22.5 Å². The second-order valence-electron chi connectivity index (χ2n) is 17.8. The summed E-state index contributed by atoms with van der Waals surface area (Å²) in [6, 6.07) is 14.4. The number of hydrogen-bond acceptors (Lipinski definition) is 11. The number of thiazole rings is 1. The smallest absolute Gasteiger partial charge is 0.408 e. The van der Waals surface area contributed by atoms with E-state index < -0.39 is 60.1 Å². The number of alkyl carbamates (subject to hydrolysis) is 1. The monoisotopic (exact) mass is 884 g/mol. The van der Waals surface area contributed by atoms with Crippen LogP contribution in [0.5, 0.6) is 11.5 Å². The molecule has 330 valence electrons. The summed E-state index contributed by atoms with van der Waals surface area (Å²) in [6.07, 6.45) is 5.17. The molecular weight excluding hydrogens is 828 g/mol. The highest BCUT2D eigenvalue weighted by Crippen LogP contribution is 2.70. The van der Waals surface area contributed by atoms with Crippen molar-refractivity contribution in [2.45, 2.75) is 109 Å². The molecule has 16 heteroatoms. The van der Waals surface area contributed by atoms with Crippen molar-refractivity contribution >= 4 is 58.7 Å². The predicted octanol–water partition coefficient (Wildman–Crippen LogP) is 8.58. The fraction of sp³-hybridized carbons (Fsp3) is 0.457. The van der Waals surface area contributed by atoms with E-state index in [4.69, 9.17) is 24.2 Å². The van der Waals surface area contributed by atoms with Gasteiger partial charge in [0.25, 0.3) is 0 Å². The Hall–Kier alpha value is -5.24. The zero-order chi connectivity index (χ0) is 44.4. The minimum Gasteiger partial charge on any atom is -0.497 e. The lowest BCUT2D eigenvalue weighted by atomic mass is 9.85. The number of nitrogens with zero attached hydrogens (tertiary/aromatic N) is 3. The Balaban J connectivity index is 1.22. The Morgan fingerprint density at radius 1 is 1.05 bits per heavy atom. The lowest BCUT2D eigenvalue weighted by Crippen LogP contribution is -2.58. The van der Waals surface area contributed by atoms with Gasteiger partial charge in [-0.25, -0.2) is 14.8 Å². The lowest BCUT2D eigenvalue weighted by molar-refractivity contribution is -0.142. The maximum atomic E-state index is 14.9. The summed E-state index contributed by atoms with van der Waals surface area (Å²) in [4.78, 5) is 65.6. The SMILES string of the molecule is C=C[C@@H]1C[C@]1(NC(=O)[C@@H]1C[C@@H](Oc2cc(-c3csc(NC(C)C)n3)nc3cc(OC)ccc23)CN1C(=O)[C@@H](NC(=O)OC1CCCC1)C(C)(C)C)P(=O)(O)C=Cc1ccccc1. The van der Waals surface area contributed by atoms with Crippen molar-refractivity contribution in [1.82, 2.24) is 25.5 Å². The van der Waals surface area contributed by atoms with Crippen LogP contribution in [0, 0.1) is 11.3 Å². The highest BCUT2D eigenvalue weighted by Gasteiger charge is 2.65. The third kappa shape index (κ3) is 9.85. The highest BCUT2D eigenvalue weighted by molar-refractivity contribution is 7.63. The van der Waals surface area contributed by atoms with Crippen LogP contribution in [0.2, 0.25) is 0 Å². The molecule has 0 spiro atoms. The van der Waals surface area contributed by atoms with Gasteiger partial charge in [-0.1, -0.05) is 57.2 Å². The summed E-state index contributed by atoms with van der Waals surface area (Å²) in [5.41, 5.74) is 1.71. The predicted molar refractivity (Wildman–Crippen MR) is 242 cm³/mol. The number of rotatable bonds is 15. The summed E-state index contributed by atoms with van der Waals surface area (Å²) in [5, 5.41) is 10.9. The van der Waals surface area contributed by atoms with E-state index in [1.54, 1.807) is 37.5 Å². The molecule has 1 saturated heterocycles. The number of carbonyl (C=O) groups excluding carboxylic acids is 3. The largest absolute Gasteiger partial charge is 0.497 e. The van der Waals surface area contributed by atoms with Crippen molar-refractivity contribution in [2.75, 3.05) is 19.0 Å². The number of hydrogen-bond donors (Lipinski definition) is 4. The van der Waals surface area contributed by atoms with Crippen molar-refractivity contribution in [3.05, 3.63) is 84.0 Å². The number of benzene rings is 2. The third-order valence-electron chi connectivity index (χ3n) is 11.7. The van der Waals surface area contributed by atoms with E-state index in [1.165, 1.54) is 22.1 Å². The molecule has 0 bridgehead atoms. The summed E-state index contributed by atoms with van der Waals surface area (Å²) < 4.78 is 32.2. The molecule has 0 radical (unpaired) electrons. The van der Waals surface area contributed by atoms with Gasteiger partial charge in [-0.05, 0) is 75.1 Å². The van der Waals surface area contributed by atoms with Gasteiger partial charge in [0.1, 0.15) is 46.8 Å². The first-order valence-electron chi connectivity index (χ1n) is 21.2. The molecule has 7 rings (SSSR count). The Morgan fingerprint density at radius 3 is 2.45 bits per heavy atom. The summed E-state index contributed by atoms with van der Waals surface area (Å²) in [5.74, 6) is 0.702. The zero-order valence-electron chi connectivity index (χ0n) is 36.1. The standard InChI is InChI=1S/C46H57N6O8PS/c1-8-30-25-46(30,61(56,57)21-20-29-14-10-9-11-15-29)51-41(53)38-23-33(26-52(38)42(54)40(45(4,5)6)50-44(55)60-31-16-12-13-17-31)59-39-24-36(37-27-62-43(49-37)47-28(2)3)48-35-22-32(58-7)18-19-34(35)39/h8-11,14-15,18-22,24,27-28,30-31,33,38,40H,1,12-13,16-17,23,25-26H2,2-7H3,(H,47,49)(H,50,55)(H,51,53)(H,56,57)/t30-,33-,38+,40-,46+/m1/s1. The number of likely N-dealkylation sites (tertiary alicyclic amines) is 1. The number of anilines is 1.